The van der Waals surface area contributed by atoms with Gasteiger partial charge in [-0.25, -0.2) is 4.39 Å². The van der Waals surface area contributed by atoms with Gasteiger partial charge >= 0.3 is 0 Å². The van der Waals surface area contributed by atoms with E-state index in [1.54, 1.807) is 30.2 Å². The molecule has 0 radical (unpaired) electrons. The Morgan fingerprint density at radius 2 is 1.79 bits per heavy atom. The fourth-order valence-electron chi connectivity index (χ4n) is 3.95. The second-order valence-electron chi connectivity index (χ2n) is 8.24. The lowest BCUT2D eigenvalue weighted by atomic mass is 9.88. The Hall–Kier alpha value is -3.26. The van der Waals surface area contributed by atoms with E-state index in [2.05, 4.69) is 10.6 Å². The first kappa shape index (κ1) is 24.4. The molecule has 0 spiro atoms. The quantitative estimate of drug-likeness (QED) is 0.599. The molecule has 0 saturated carbocycles. The molecule has 2 N–H and O–H groups in total. The van der Waals surface area contributed by atoms with Crippen LogP contribution in [0.4, 0.5) is 4.39 Å². The molecule has 1 saturated heterocycles. The summed E-state index contributed by atoms with van der Waals surface area (Å²) in [7, 11) is 1.55. The zero-order valence-electron chi connectivity index (χ0n) is 19.0. The summed E-state index contributed by atoms with van der Waals surface area (Å²) in [5.41, 5.74) is 1.82. The molecule has 2 aromatic carbocycles. The number of ether oxygens (including phenoxy) is 1. The Balaban J connectivity index is 1.67. The number of hydrogen-bond donors (Lipinski definition) is 2. The molecule has 1 aliphatic heterocycles. The monoisotopic (exact) mass is 455 g/mol. The molecular formula is C25H30FN3O4. The van der Waals surface area contributed by atoms with Gasteiger partial charge in [-0.15, -0.1) is 0 Å². The van der Waals surface area contributed by atoms with E-state index in [-0.39, 0.29) is 23.6 Å². The van der Waals surface area contributed by atoms with Crippen LogP contribution < -0.4 is 10.6 Å². The van der Waals surface area contributed by atoms with Crippen LogP contribution in [0.2, 0.25) is 0 Å². The number of carbonyl (C=O) groups excluding carboxylic acids is 3. The second kappa shape index (κ2) is 11.6. The van der Waals surface area contributed by atoms with Crippen molar-refractivity contribution >= 4 is 17.7 Å². The van der Waals surface area contributed by atoms with Crippen LogP contribution in [0.15, 0.2) is 48.5 Å². The van der Waals surface area contributed by atoms with Crippen molar-refractivity contribution in [2.24, 2.45) is 5.92 Å². The van der Waals surface area contributed by atoms with Gasteiger partial charge in [0.2, 0.25) is 5.91 Å². The lowest BCUT2D eigenvalue weighted by Crippen LogP contribution is -2.54. The number of hydrogen-bond acceptors (Lipinski definition) is 4. The molecule has 2 aromatic rings. The van der Waals surface area contributed by atoms with Gasteiger partial charge in [-0.2, -0.15) is 0 Å². The Labute approximate surface area is 193 Å². The number of halogens is 1. The van der Waals surface area contributed by atoms with Gasteiger partial charge in [0, 0.05) is 37.9 Å². The van der Waals surface area contributed by atoms with Crippen molar-refractivity contribution in [2.45, 2.75) is 25.8 Å². The molecule has 33 heavy (non-hydrogen) atoms. The van der Waals surface area contributed by atoms with Crippen molar-refractivity contribution in [3.8, 4) is 0 Å². The van der Waals surface area contributed by atoms with E-state index in [1.807, 2.05) is 19.1 Å². The molecule has 0 bridgehead atoms. The van der Waals surface area contributed by atoms with Gasteiger partial charge in [0.15, 0.2) is 0 Å². The number of nitrogens with one attached hydrogen (secondary N) is 2. The fourth-order valence-corrected chi connectivity index (χ4v) is 3.95. The van der Waals surface area contributed by atoms with Crippen molar-refractivity contribution < 1.29 is 23.5 Å². The van der Waals surface area contributed by atoms with Gasteiger partial charge in [-0.1, -0.05) is 23.8 Å². The highest BCUT2D eigenvalue weighted by atomic mass is 19.1. The van der Waals surface area contributed by atoms with E-state index in [1.165, 1.54) is 18.2 Å². The third-order valence-electron chi connectivity index (χ3n) is 5.86. The Bertz CT molecular complexity index is 972. The highest BCUT2D eigenvalue weighted by Gasteiger charge is 2.34. The Morgan fingerprint density at radius 1 is 1.09 bits per heavy atom. The molecule has 8 heteroatoms. The minimum atomic E-state index is -0.734. The zero-order chi connectivity index (χ0) is 23.8. The number of benzene rings is 2. The Kier molecular flexibility index (Phi) is 8.54. The second-order valence-corrected chi connectivity index (χ2v) is 8.24. The number of rotatable bonds is 8. The van der Waals surface area contributed by atoms with Crippen LogP contribution in [0.3, 0.4) is 0 Å². The predicted molar refractivity (Wildman–Crippen MR) is 122 cm³/mol. The van der Waals surface area contributed by atoms with Crippen molar-refractivity contribution in [2.75, 3.05) is 33.4 Å². The molecule has 1 heterocycles. The summed E-state index contributed by atoms with van der Waals surface area (Å²) in [6, 6.07) is 12.0. The SMILES string of the molecule is COCCNC(=O)[C@@H](NC(=O)c1ccc(C)cc1)C1CCN(C(=O)c2cccc(F)c2)CC1. The van der Waals surface area contributed by atoms with Gasteiger partial charge in [-0.3, -0.25) is 14.4 Å². The zero-order valence-corrected chi connectivity index (χ0v) is 19.0. The van der Waals surface area contributed by atoms with E-state index in [0.717, 1.165) is 5.56 Å². The summed E-state index contributed by atoms with van der Waals surface area (Å²) in [5.74, 6) is -1.43. The van der Waals surface area contributed by atoms with E-state index in [0.29, 0.717) is 50.2 Å². The maximum absolute atomic E-state index is 13.5. The summed E-state index contributed by atoms with van der Waals surface area (Å²) in [5, 5.41) is 5.70. The summed E-state index contributed by atoms with van der Waals surface area (Å²) in [6.07, 6.45) is 1.08. The number of methoxy groups -OCH3 is 1. The summed E-state index contributed by atoms with van der Waals surface area (Å²) in [6.45, 7) is 3.48. The largest absolute Gasteiger partial charge is 0.383 e. The number of nitrogens with zero attached hydrogens (tertiary/aromatic N) is 1. The molecule has 7 nitrogen and oxygen atoms in total. The van der Waals surface area contributed by atoms with E-state index >= 15 is 0 Å². The van der Waals surface area contributed by atoms with E-state index in [9.17, 15) is 18.8 Å². The van der Waals surface area contributed by atoms with Crippen LogP contribution in [-0.4, -0.2) is 62.0 Å². The van der Waals surface area contributed by atoms with Gasteiger partial charge in [0.25, 0.3) is 11.8 Å². The number of likely N-dealkylation sites (tertiary alicyclic amines) is 1. The summed E-state index contributed by atoms with van der Waals surface area (Å²) < 4.78 is 18.5. The van der Waals surface area contributed by atoms with Crippen LogP contribution in [0, 0.1) is 18.7 Å². The highest BCUT2D eigenvalue weighted by Crippen LogP contribution is 2.23. The first-order chi connectivity index (χ1) is 15.9. The fraction of sp³-hybridized carbons (Fsp3) is 0.400. The molecule has 0 unspecified atom stereocenters. The van der Waals surface area contributed by atoms with Gasteiger partial charge in [-0.05, 0) is 56.0 Å². The van der Waals surface area contributed by atoms with Crippen LogP contribution in [0.25, 0.3) is 0 Å². The van der Waals surface area contributed by atoms with Crippen LogP contribution in [-0.2, 0) is 9.53 Å². The molecule has 0 aliphatic carbocycles. The van der Waals surface area contributed by atoms with Crippen molar-refractivity contribution in [1.82, 2.24) is 15.5 Å². The molecule has 176 valence electrons. The molecule has 0 aromatic heterocycles. The minimum Gasteiger partial charge on any atom is -0.383 e. The Morgan fingerprint density at radius 3 is 2.42 bits per heavy atom. The van der Waals surface area contributed by atoms with Crippen molar-refractivity contribution in [1.29, 1.82) is 0 Å². The van der Waals surface area contributed by atoms with E-state index in [4.69, 9.17) is 4.74 Å². The normalized spacial score (nSPS) is 15.1. The number of carbonyl (C=O) groups is 3. The number of amides is 3. The topological polar surface area (TPSA) is 87.7 Å². The average molecular weight is 456 g/mol. The average Bonchev–Trinajstić information content (AvgIpc) is 2.82. The third kappa shape index (κ3) is 6.61. The minimum absolute atomic E-state index is 0.140. The van der Waals surface area contributed by atoms with Crippen molar-refractivity contribution in [3.63, 3.8) is 0 Å². The molecular weight excluding hydrogens is 425 g/mol. The van der Waals surface area contributed by atoms with E-state index < -0.39 is 11.9 Å². The molecule has 1 fully saturated rings. The molecule has 1 aliphatic rings. The van der Waals surface area contributed by atoms with Gasteiger partial charge < -0.3 is 20.3 Å². The van der Waals surface area contributed by atoms with Crippen molar-refractivity contribution in [3.05, 3.63) is 71.0 Å². The smallest absolute Gasteiger partial charge is 0.253 e. The van der Waals surface area contributed by atoms with Crippen LogP contribution >= 0.6 is 0 Å². The standard InChI is InChI=1S/C25H30FN3O4/c1-17-6-8-19(9-7-17)23(30)28-22(24(31)27-12-15-33-2)18-10-13-29(14-11-18)25(32)20-4-3-5-21(26)16-20/h3-9,16,18,22H,10-15H2,1-2H3,(H,27,31)(H,28,30)/t22-/m0/s1. The molecule has 3 amide bonds. The maximum Gasteiger partial charge on any atom is 0.253 e. The first-order valence-electron chi connectivity index (χ1n) is 11.1. The molecule has 1 atom stereocenters. The summed E-state index contributed by atoms with van der Waals surface area (Å²) >= 11 is 0. The van der Waals surface area contributed by atoms with Gasteiger partial charge in [0.05, 0.1) is 6.61 Å². The van der Waals surface area contributed by atoms with Crippen LogP contribution in [0.1, 0.15) is 39.1 Å². The summed E-state index contributed by atoms with van der Waals surface area (Å²) in [4.78, 5) is 40.1. The molecule has 3 rings (SSSR count). The number of aryl methyl sites for hydroxylation is 1. The number of piperidine rings is 1. The van der Waals surface area contributed by atoms with Crippen LogP contribution in [0.5, 0.6) is 0 Å². The predicted octanol–water partition coefficient (Wildman–Crippen LogP) is 2.55. The van der Waals surface area contributed by atoms with Gasteiger partial charge in [0.1, 0.15) is 11.9 Å². The first-order valence-corrected chi connectivity index (χ1v) is 11.1. The highest BCUT2D eigenvalue weighted by molar-refractivity contribution is 5.97. The maximum atomic E-state index is 13.5. The lowest BCUT2D eigenvalue weighted by molar-refractivity contribution is -0.124. The third-order valence-corrected chi connectivity index (χ3v) is 5.86. The lowest BCUT2D eigenvalue weighted by Gasteiger charge is -2.36.